The number of hydrogen-bond donors (Lipinski definition) is 2. The van der Waals surface area contributed by atoms with E-state index < -0.39 is 0 Å². The number of urea groups is 2. The average Bonchev–Trinajstić information content (AvgIpc) is 2.72. The maximum atomic E-state index is 12.0. The highest BCUT2D eigenvalue weighted by molar-refractivity contribution is 6.02. The molecular weight excluding hydrogens is 272 g/mol. The molecule has 21 heavy (non-hydrogen) atoms. The fourth-order valence-electron chi connectivity index (χ4n) is 2.43. The van der Waals surface area contributed by atoms with Crippen LogP contribution in [0.3, 0.4) is 0 Å². The van der Waals surface area contributed by atoms with Crippen molar-refractivity contribution in [3.63, 3.8) is 0 Å². The molecule has 3 rings (SSSR count). The molecule has 2 fully saturated rings. The van der Waals surface area contributed by atoms with Crippen molar-refractivity contribution in [2.75, 3.05) is 25.0 Å². The monoisotopic (exact) mass is 288 g/mol. The van der Waals surface area contributed by atoms with Gasteiger partial charge in [0.25, 0.3) is 0 Å². The summed E-state index contributed by atoms with van der Waals surface area (Å²) < 4.78 is 0. The van der Waals surface area contributed by atoms with Crippen molar-refractivity contribution in [2.24, 2.45) is 0 Å². The maximum absolute atomic E-state index is 12.0. The molecule has 0 aromatic heterocycles. The molecule has 0 radical (unpaired) electrons. The number of aryl methyl sites for hydroxylation is 1. The molecule has 0 spiro atoms. The molecule has 1 aromatic rings. The lowest BCUT2D eigenvalue weighted by Gasteiger charge is -2.42. The Morgan fingerprint density at radius 2 is 1.90 bits per heavy atom. The first-order chi connectivity index (χ1) is 10.0. The van der Waals surface area contributed by atoms with Crippen LogP contribution in [-0.4, -0.2) is 53.4 Å². The van der Waals surface area contributed by atoms with Gasteiger partial charge in [-0.3, -0.25) is 9.69 Å². The number of likely N-dealkylation sites (tertiary alicyclic amines) is 1. The van der Waals surface area contributed by atoms with Crippen molar-refractivity contribution in [2.45, 2.75) is 13.0 Å². The van der Waals surface area contributed by atoms with E-state index in [2.05, 4.69) is 10.6 Å². The van der Waals surface area contributed by atoms with Gasteiger partial charge in [-0.2, -0.15) is 0 Å². The van der Waals surface area contributed by atoms with Crippen LogP contribution in [0.4, 0.5) is 15.3 Å². The first-order valence-electron chi connectivity index (χ1n) is 6.77. The topological polar surface area (TPSA) is 81.8 Å². The predicted molar refractivity (Wildman–Crippen MR) is 75.8 cm³/mol. The van der Waals surface area contributed by atoms with Crippen molar-refractivity contribution in [3.05, 3.63) is 29.8 Å². The summed E-state index contributed by atoms with van der Waals surface area (Å²) in [7, 11) is 0. The first kappa shape index (κ1) is 13.4. The predicted octanol–water partition coefficient (Wildman–Crippen LogP) is 0.763. The summed E-state index contributed by atoms with van der Waals surface area (Å²) >= 11 is 0. The van der Waals surface area contributed by atoms with Gasteiger partial charge in [0.05, 0.1) is 12.6 Å². The molecule has 5 amide bonds. The normalized spacial score (nSPS) is 18.5. The lowest BCUT2D eigenvalue weighted by Crippen LogP contribution is -2.63. The zero-order chi connectivity index (χ0) is 15.0. The zero-order valence-corrected chi connectivity index (χ0v) is 11.6. The molecular formula is C14H16N4O3. The van der Waals surface area contributed by atoms with Gasteiger partial charge in [0.2, 0.25) is 5.91 Å². The molecule has 2 N–H and O–H groups in total. The molecule has 0 unspecified atom stereocenters. The summed E-state index contributed by atoms with van der Waals surface area (Å²) in [5.74, 6) is -0.233. The van der Waals surface area contributed by atoms with Gasteiger partial charge < -0.3 is 15.5 Å². The molecule has 0 bridgehead atoms. The van der Waals surface area contributed by atoms with Gasteiger partial charge in [0, 0.05) is 18.8 Å². The molecule has 0 aliphatic carbocycles. The average molecular weight is 288 g/mol. The lowest BCUT2D eigenvalue weighted by molar-refractivity contribution is -0.128. The second-order valence-corrected chi connectivity index (χ2v) is 5.28. The fraction of sp³-hybridized carbons (Fsp3) is 0.357. The zero-order valence-electron chi connectivity index (χ0n) is 11.6. The Morgan fingerprint density at radius 3 is 2.48 bits per heavy atom. The van der Waals surface area contributed by atoms with E-state index in [1.165, 1.54) is 4.90 Å². The minimum atomic E-state index is -0.372. The Balaban J connectivity index is 1.54. The van der Waals surface area contributed by atoms with E-state index in [1.807, 2.05) is 31.2 Å². The highest BCUT2D eigenvalue weighted by atomic mass is 16.2. The van der Waals surface area contributed by atoms with Gasteiger partial charge in [-0.15, -0.1) is 0 Å². The molecule has 110 valence electrons. The van der Waals surface area contributed by atoms with Gasteiger partial charge in [-0.25, -0.2) is 9.59 Å². The summed E-state index contributed by atoms with van der Waals surface area (Å²) in [5.41, 5.74) is 1.85. The maximum Gasteiger partial charge on any atom is 0.324 e. The Kier molecular flexibility index (Phi) is 3.25. The summed E-state index contributed by atoms with van der Waals surface area (Å²) in [4.78, 5) is 37.8. The van der Waals surface area contributed by atoms with Crippen LogP contribution in [0, 0.1) is 6.92 Å². The number of benzene rings is 1. The van der Waals surface area contributed by atoms with E-state index in [1.54, 1.807) is 4.90 Å². The summed E-state index contributed by atoms with van der Waals surface area (Å²) in [6.07, 6.45) is 0. The van der Waals surface area contributed by atoms with E-state index in [-0.39, 0.29) is 30.6 Å². The third-order valence-electron chi connectivity index (χ3n) is 3.70. The van der Waals surface area contributed by atoms with Crippen molar-refractivity contribution in [1.82, 2.24) is 15.1 Å². The molecule has 2 saturated heterocycles. The van der Waals surface area contributed by atoms with Crippen LogP contribution in [0.5, 0.6) is 0 Å². The van der Waals surface area contributed by atoms with E-state index in [9.17, 15) is 14.4 Å². The molecule has 7 nitrogen and oxygen atoms in total. The van der Waals surface area contributed by atoms with Gasteiger partial charge in [-0.05, 0) is 19.1 Å². The number of imide groups is 1. The number of nitrogens with zero attached hydrogens (tertiary/aromatic N) is 2. The molecule has 2 aliphatic heterocycles. The highest BCUT2D eigenvalue weighted by Crippen LogP contribution is 2.19. The van der Waals surface area contributed by atoms with Crippen LogP contribution in [-0.2, 0) is 4.79 Å². The Labute approximate surface area is 121 Å². The van der Waals surface area contributed by atoms with Crippen molar-refractivity contribution < 1.29 is 14.4 Å². The van der Waals surface area contributed by atoms with Crippen molar-refractivity contribution in [3.8, 4) is 0 Å². The largest absolute Gasteiger partial charge is 0.329 e. The van der Waals surface area contributed by atoms with Gasteiger partial charge in [0.1, 0.15) is 0 Å². The highest BCUT2D eigenvalue weighted by Gasteiger charge is 2.42. The number of carbonyl (C=O) groups excluding carboxylic acids is 3. The number of rotatable bonds is 2. The number of nitrogens with one attached hydrogen (secondary N) is 2. The van der Waals surface area contributed by atoms with Crippen molar-refractivity contribution in [1.29, 1.82) is 0 Å². The van der Waals surface area contributed by atoms with E-state index in [0.29, 0.717) is 13.1 Å². The van der Waals surface area contributed by atoms with Gasteiger partial charge >= 0.3 is 12.1 Å². The Morgan fingerprint density at radius 1 is 1.24 bits per heavy atom. The molecule has 1 aromatic carbocycles. The number of amides is 5. The Bertz CT molecular complexity index is 577. The molecule has 7 heteroatoms. The summed E-state index contributed by atoms with van der Waals surface area (Å²) in [6, 6.07) is 6.70. The number of anilines is 1. The molecule has 2 heterocycles. The van der Waals surface area contributed by atoms with Crippen LogP contribution in [0.2, 0.25) is 0 Å². The van der Waals surface area contributed by atoms with Gasteiger partial charge in [-0.1, -0.05) is 17.7 Å². The smallest absolute Gasteiger partial charge is 0.324 e. The van der Waals surface area contributed by atoms with Crippen LogP contribution in [0.15, 0.2) is 24.3 Å². The standard InChI is InChI=1S/C14H16N4O3/c1-9-2-4-10(5-3-9)16-14(21)17-7-11(8-17)18-12(19)6-15-13(18)20/h2-5,11H,6-8H2,1H3,(H,15,20)(H,16,21). The van der Waals surface area contributed by atoms with E-state index in [0.717, 1.165) is 11.3 Å². The third-order valence-corrected chi connectivity index (χ3v) is 3.70. The molecule has 0 atom stereocenters. The van der Waals surface area contributed by atoms with E-state index in [4.69, 9.17) is 0 Å². The van der Waals surface area contributed by atoms with Crippen molar-refractivity contribution >= 4 is 23.7 Å². The van der Waals surface area contributed by atoms with Gasteiger partial charge in [0.15, 0.2) is 0 Å². The van der Waals surface area contributed by atoms with Crippen LogP contribution >= 0.6 is 0 Å². The second-order valence-electron chi connectivity index (χ2n) is 5.28. The molecule has 2 aliphatic rings. The second kappa shape index (κ2) is 5.08. The quantitative estimate of drug-likeness (QED) is 0.788. The SMILES string of the molecule is Cc1ccc(NC(=O)N2CC(N3C(=O)CNC3=O)C2)cc1. The first-order valence-corrected chi connectivity index (χ1v) is 6.77. The third kappa shape index (κ3) is 2.54. The minimum Gasteiger partial charge on any atom is -0.329 e. The lowest BCUT2D eigenvalue weighted by atomic mass is 10.1. The van der Waals surface area contributed by atoms with Crippen LogP contribution in [0.1, 0.15) is 5.56 Å². The number of carbonyl (C=O) groups is 3. The summed E-state index contributed by atoms with van der Waals surface area (Å²) in [5, 5.41) is 5.26. The Hall–Kier alpha value is -2.57. The van der Waals surface area contributed by atoms with Crippen LogP contribution < -0.4 is 10.6 Å². The van der Waals surface area contributed by atoms with E-state index >= 15 is 0 Å². The fourth-order valence-corrected chi connectivity index (χ4v) is 2.43. The molecule has 0 saturated carbocycles. The number of hydrogen-bond acceptors (Lipinski definition) is 3. The van der Waals surface area contributed by atoms with Crippen LogP contribution in [0.25, 0.3) is 0 Å². The summed E-state index contributed by atoms with van der Waals surface area (Å²) in [6.45, 7) is 2.77. The minimum absolute atomic E-state index is 0.0465.